The molecule has 0 bridgehead atoms. The smallest absolute Gasteiger partial charge is 0.178 e. The Morgan fingerprint density at radius 2 is 2.24 bits per heavy atom. The van der Waals surface area contributed by atoms with E-state index >= 15 is 0 Å². The molecule has 0 saturated carbocycles. The zero-order valence-electron chi connectivity index (χ0n) is 10.3. The van der Waals surface area contributed by atoms with Crippen LogP contribution in [0.15, 0.2) is 12.3 Å². The van der Waals surface area contributed by atoms with Crippen LogP contribution in [0.4, 0.5) is 0 Å². The number of hydrogen-bond donors (Lipinski definition) is 1. The van der Waals surface area contributed by atoms with Crippen LogP contribution in [0.3, 0.4) is 0 Å². The lowest BCUT2D eigenvalue weighted by atomic mass is 10.2. The molecule has 2 heterocycles. The summed E-state index contributed by atoms with van der Waals surface area (Å²) in [5.74, 6) is 1.17. The third-order valence-electron chi connectivity index (χ3n) is 2.77. The van der Waals surface area contributed by atoms with Gasteiger partial charge in [-0.15, -0.1) is 0 Å². The van der Waals surface area contributed by atoms with Crippen molar-refractivity contribution in [3.63, 3.8) is 0 Å². The highest BCUT2D eigenvalue weighted by Gasteiger charge is 2.13. The first kappa shape index (κ1) is 11.7. The highest BCUT2D eigenvalue weighted by Crippen LogP contribution is 2.19. The molecule has 0 fully saturated rings. The molecular weight excluding hydrogens is 216 g/mol. The Bertz CT molecular complexity index is 571. The van der Waals surface area contributed by atoms with Gasteiger partial charge in [0.15, 0.2) is 11.4 Å². The average Bonchev–Trinajstić information content (AvgIpc) is 2.65. The Hall–Kier alpha value is -1.75. The SMILES string of the molecule is CC(C)c1nc2cc(C(=O)CN)cnc2n1C. The average molecular weight is 232 g/mol. The van der Waals surface area contributed by atoms with Crippen molar-refractivity contribution in [3.05, 3.63) is 23.7 Å². The third kappa shape index (κ3) is 1.93. The van der Waals surface area contributed by atoms with Crippen LogP contribution in [0.1, 0.15) is 35.9 Å². The minimum absolute atomic E-state index is 0.00292. The van der Waals surface area contributed by atoms with Crippen molar-refractivity contribution >= 4 is 16.9 Å². The molecule has 0 radical (unpaired) electrons. The summed E-state index contributed by atoms with van der Waals surface area (Å²) in [6, 6.07) is 1.75. The van der Waals surface area contributed by atoms with E-state index in [1.54, 1.807) is 12.3 Å². The molecule has 0 amide bonds. The van der Waals surface area contributed by atoms with Gasteiger partial charge in [-0.3, -0.25) is 4.79 Å². The van der Waals surface area contributed by atoms with E-state index < -0.39 is 0 Å². The second kappa shape index (κ2) is 4.25. The van der Waals surface area contributed by atoms with Crippen LogP contribution in [0.5, 0.6) is 0 Å². The molecule has 2 aromatic rings. The van der Waals surface area contributed by atoms with E-state index in [-0.39, 0.29) is 12.3 Å². The van der Waals surface area contributed by atoms with E-state index in [1.807, 2.05) is 11.6 Å². The lowest BCUT2D eigenvalue weighted by molar-refractivity contribution is 0.100. The summed E-state index contributed by atoms with van der Waals surface area (Å²) in [7, 11) is 1.93. The number of rotatable bonds is 3. The molecule has 0 aliphatic heterocycles. The summed E-state index contributed by atoms with van der Waals surface area (Å²) in [4.78, 5) is 20.3. The Morgan fingerprint density at radius 1 is 1.53 bits per heavy atom. The largest absolute Gasteiger partial charge is 0.324 e. The fourth-order valence-electron chi connectivity index (χ4n) is 1.88. The first-order chi connectivity index (χ1) is 8.04. The van der Waals surface area contributed by atoms with Crippen molar-refractivity contribution < 1.29 is 4.79 Å². The molecule has 5 nitrogen and oxygen atoms in total. The first-order valence-electron chi connectivity index (χ1n) is 5.60. The van der Waals surface area contributed by atoms with Gasteiger partial charge in [-0.25, -0.2) is 9.97 Å². The van der Waals surface area contributed by atoms with Crippen molar-refractivity contribution in [2.45, 2.75) is 19.8 Å². The van der Waals surface area contributed by atoms with Gasteiger partial charge in [0.1, 0.15) is 11.3 Å². The van der Waals surface area contributed by atoms with Crippen LogP contribution in [-0.4, -0.2) is 26.9 Å². The van der Waals surface area contributed by atoms with Gasteiger partial charge in [-0.05, 0) is 6.07 Å². The molecule has 0 aliphatic rings. The summed E-state index contributed by atoms with van der Waals surface area (Å²) < 4.78 is 1.96. The molecular formula is C12H16N4O. The summed E-state index contributed by atoms with van der Waals surface area (Å²) in [5, 5.41) is 0. The quantitative estimate of drug-likeness (QED) is 0.808. The van der Waals surface area contributed by atoms with Crippen LogP contribution in [0.25, 0.3) is 11.2 Å². The number of nitrogens with zero attached hydrogens (tertiary/aromatic N) is 3. The van der Waals surface area contributed by atoms with Gasteiger partial charge < -0.3 is 10.3 Å². The minimum Gasteiger partial charge on any atom is -0.324 e. The number of imidazole rings is 1. The molecule has 0 unspecified atom stereocenters. The first-order valence-corrected chi connectivity index (χ1v) is 5.60. The maximum atomic E-state index is 11.5. The molecule has 2 aromatic heterocycles. The Labute approximate surface area is 99.7 Å². The lowest BCUT2D eigenvalue weighted by Crippen LogP contribution is -2.13. The van der Waals surface area contributed by atoms with Crippen molar-refractivity contribution in [3.8, 4) is 0 Å². The van der Waals surface area contributed by atoms with Crippen molar-refractivity contribution in [2.75, 3.05) is 6.54 Å². The normalized spacial score (nSPS) is 11.4. The number of carbonyl (C=O) groups excluding carboxylic acids is 1. The predicted octanol–water partition coefficient (Wildman–Crippen LogP) is 1.23. The predicted molar refractivity (Wildman–Crippen MR) is 66.0 cm³/mol. The van der Waals surface area contributed by atoms with E-state index in [0.29, 0.717) is 11.5 Å². The van der Waals surface area contributed by atoms with E-state index in [2.05, 4.69) is 23.8 Å². The van der Waals surface area contributed by atoms with Gasteiger partial charge in [-0.2, -0.15) is 0 Å². The fourth-order valence-corrected chi connectivity index (χ4v) is 1.88. The summed E-state index contributed by atoms with van der Waals surface area (Å²) in [6.07, 6.45) is 1.56. The molecule has 90 valence electrons. The van der Waals surface area contributed by atoms with E-state index in [4.69, 9.17) is 5.73 Å². The number of pyridine rings is 1. The molecule has 0 aliphatic carbocycles. The van der Waals surface area contributed by atoms with Gasteiger partial charge in [-0.1, -0.05) is 13.8 Å². The van der Waals surface area contributed by atoms with Crippen molar-refractivity contribution in [1.82, 2.24) is 14.5 Å². The van der Waals surface area contributed by atoms with Crippen LogP contribution >= 0.6 is 0 Å². The maximum absolute atomic E-state index is 11.5. The van der Waals surface area contributed by atoms with Crippen LogP contribution < -0.4 is 5.73 Å². The number of Topliss-reactive ketones (excluding diaryl/α,β-unsaturated/α-hetero) is 1. The lowest BCUT2D eigenvalue weighted by Gasteiger charge is -2.03. The summed E-state index contributed by atoms with van der Waals surface area (Å²) >= 11 is 0. The molecule has 0 spiro atoms. The number of carbonyl (C=O) groups is 1. The molecule has 5 heteroatoms. The van der Waals surface area contributed by atoms with Crippen molar-refractivity contribution in [2.24, 2.45) is 12.8 Å². The van der Waals surface area contributed by atoms with Crippen molar-refractivity contribution in [1.29, 1.82) is 0 Å². The van der Waals surface area contributed by atoms with E-state index in [9.17, 15) is 4.79 Å². The van der Waals surface area contributed by atoms with Gasteiger partial charge in [0, 0.05) is 24.7 Å². The molecule has 0 saturated heterocycles. The Balaban J connectivity index is 2.59. The van der Waals surface area contributed by atoms with Gasteiger partial charge in [0.05, 0.1) is 6.54 Å². The summed E-state index contributed by atoms with van der Waals surface area (Å²) in [6.45, 7) is 4.15. The van der Waals surface area contributed by atoms with Crippen LogP contribution in [-0.2, 0) is 7.05 Å². The number of hydrogen-bond acceptors (Lipinski definition) is 4. The third-order valence-corrected chi connectivity index (χ3v) is 2.77. The Morgan fingerprint density at radius 3 is 2.82 bits per heavy atom. The number of nitrogens with two attached hydrogens (primary N) is 1. The van der Waals surface area contributed by atoms with Crippen LogP contribution in [0, 0.1) is 0 Å². The highest BCUT2D eigenvalue weighted by molar-refractivity contribution is 5.99. The van der Waals surface area contributed by atoms with Gasteiger partial charge in [0.2, 0.25) is 0 Å². The number of aromatic nitrogens is 3. The minimum atomic E-state index is -0.115. The second-order valence-corrected chi connectivity index (χ2v) is 4.38. The topological polar surface area (TPSA) is 73.8 Å². The Kier molecular flexibility index (Phi) is 2.93. The fraction of sp³-hybridized carbons (Fsp3) is 0.417. The van der Waals surface area contributed by atoms with E-state index in [1.165, 1.54) is 0 Å². The standard InChI is InChI=1S/C12H16N4O/c1-7(2)11-15-9-4-8(10(17)5-13)6-14-12(9)16(11)3/h4,6-7H,5,13H2,1-3H3. The molecule has 2 N–H and O–H groups in total. The molecule has 2 rings (SSSR count). The van der Waals surface area contributed by atoms with Gasteiger partial charge in [0.25, 0.3) is 0 Å². The zero-order valence-corrected chi connectivity index (χ0v) is 10.3. The number of ketones is 1. The molecule has 17 heavy (non-hydrogen) atoms. The second-order valence-electron chi connectivity index (χ2n) is 4.38. The monoisotopic (exact) mass is 232 g/mol. The number of fused-ring (bicyclic) bond motifs is 1. The maximum Gasteiger partial charge on any atom is 0.178 e. The van der Waals surface area contributed by atoms with Gasteiger partial charge >= 0.3 is 0 Å². The number of aryl methyl sites for hydroxylation is 1. The molecule has 0 atom stereocenters. The van der Waals surface area contributed by atoms with Crippen LogP contribution in [0.2, 0.25) is 0 Å². The van der Waals surface area contributed by atoms with E-state index in [0.717, 1.165) is 17.0 Å². The zero-order chi connectivity index (χ0) is 12.6. The highest BCUT2D eigenvalue weighted by atomic mass is 16.1. The molecule has 0 aromatic carbocycles. The summed E-state index contributed by atoms with van der Waals surface area (Å²) in [5.41, 5.74) is 7.39.